The van der Waals surface area contributed by atoms with Gasteiger partial charge in [0.05, 0.1) is 12.7 Å². The molecule has 0 bridgehead atoms. The first kappa shape index (κ1) is 5.82. The fourth-order valence-corrected chi connectivity index (χ4v) is 0.901. The van der Waals surface area contributed by atoms with E-state index in [2.05, 4.69) is 10.3 Å². The van der Waals surface area contributed by atoms with E-state index >= 15 is 0 Å². The smallest absolute Gasteiger partial charge is 0.130 e. The molecule has 10 heavy (non-hydrogen) atoms. The van der Waals surface area contributed by atoms with Crippen LogP contribution in [0.5, 0.6) is 0 Å². The van der Waals surface area contributed by atoms with Gasteiger partial charge < -0.3 is 0 Å². The second-order valence-electron chi connectivity index (χ2n) is 2.75. The predicted octanol–water partition coefficient (Wildman–Crippen LogP) is 0.780. The van der Waals surface area contributed by atoms with Gasteiger partial charge in [0, 0.05) is 6.20 Å². The van der Waals surface area contributed by atoms with E-state index in [-0.39, 0.29) is 0 Å². The number of nitrogens with zero attached hydrogens (tertiary/aromatic N) is 3. The molecule has 0 unspecified atom stereocenters. The minimum atomic E-state index is -0.965. The first-order valence-corrected chi connectivity index (χ1v) is 3.32. The summed E-state index contributed by atoms with van der Waals surface area (Å²) in [5.41, 5.74) is -0.965. The van der Waals surface area contributed by atoms with Gasteiger partial charge in [0.15, 0.2) is 0 Å². The van der Waals surface area contributed by atoms with Gasteiger partial charge in [0.1, 0.15) is 5.67 Å². The molecule has 0 atom stereocenters. The SMILES string of the molecule is FC1(Cn2ccnn2)CC1. The van der Waals surface area contributed by atoms with Crippen LogP contribution in [-0.2, 0) is 6.54 Å². The van der Waals surface area contributed by atoms with Crippen LogP contribution >= 0.6 is 0 Å². The second-order valence-corrected chi connectivity index (χ2v) is 2.75. The Balaban J connectivity index is 2.04. The molecule has 0 radical (unpaired) electrons. The van der Waals surface area contributed by atoms with Gasteiger partial charge in [-0.15, -0.1) is 5.10 Å². The van der Waals surface area contributed by atoms with Gasteiger partial charge in [-0.1, -0.05) is 5.21 Å². The van der Waals surface area contributed by atoms with E-state index in [1.807, 2.05) is 0 Å². The Morgan fingerprint density at radius 3 is 2.90 bits per heavy atom. The first-order valence-electron chi connectivity index (χ1n) is 3.32. The van der Waals surface area contributed by atoms with Gasteiger partial charge >= 0.3 is 0 Å². The molecule has 1 aromatic heterocycles. The molecule has 1 aromatic rings. The van der Waals surface area contributed by atoms with Crippen LogP contribution in [0.2, 0.25) is 0 Å². The molecular formula is C6H8FN3. The number of halogens is 1. The molecule has 54 valence electrons. The third-order valence-electron chi connectivity index (χ3n) is 1.71. The van der Waals surface area contributed by atoms with Crippen molar-refractivity contribution in [3.05, 3.63) is 12.4 Å². The quantitative estimate of drug-likeness (QED) is 0.609. The molecule has 0 aromatic carbocycles. The highest BCUT2D eigenvalue weighted by Gasteiger charge is 2.43. The van der Waals surface area contributed by atoms with Crippen molar-refractivity contribution in [1.82, 2.24) is 15.0 Å². The molecule has 4 heteroatoms. The van der Waals surface area contributed by atoms with Crippen LogP contribution in [0.25, 0.3) is 0 Å². The number of hydrogen-bond donors (Lipinski definition) is 0. The molecular weight excluding hydrogens is 133 g/mol. The molecule has 1 aliphatic rings. The molecule has 3 nitrogen and oxygen atoms in total. The molecule has 0 aliphatic heterocycles. The summed E-state index contributed by atoms with van der Waals surface area (Å²) in [4.78, 5) is 0. The second kappa shape index (κ2) is 1.78. The summed E-state index contributed by atoms with van der Waals surface area (Å²) < 4.78 is 14.5. The summed E-state index contributed by atoms with van der Waals surface area (Å²) in [5.74, 6) is 0. The molecule has 0 saturated heterocycles. The zero-order chi connectivity index (χ0) is 7.03. The van der Waals surface area contributed by atoms with E-state index in [4.69, 9.17) is 0 Å². The molecule has 0 N–H and O–H groups in total. The van der Waals surface area contributed by atoms with E-state index in [9.17, 15) is 4.39 Å². The van der Waals surface area contributed by atoms with Crippen molar-refractivity contribution in [3.63, 3.8) is 0 Å². The molecule has 0 spiro atoms. The number of hydrogen-bond acceptors (Lipinski definition) is 2. The van der Waals surface area contributed by atoms with Crippen LogP contribution in [0.3, 0.4) is 0 Å². The summed E-state index contributed by atoms with van der Waals surface area (Å²) in [6, 6.07) is 0. The zero-order valence-electron chi connectivity index (χ0n) is 5.50. The Bertz CT molecular complexity index is 215. The van der Waals surface area contributed by atoms with E-state index in [1.165, 1.54) is 4.68 Å². The van der Waals surface area contributed by atoms with Crippen LogP contribution in [0.1, 0.15) is 12.8 Å². The lowest BCUT2D eigenvalue weighted by Crippen LogP contribution is -2.12. The highest BCUT2D eigenvalue weighted by Crippen LogP contribution is 2.40. The monoisotopic (exact) mass is 141 g/mol. The maximum absolute atomic E-state index is 13.0. The standard InChI is InChI=1S/C6H8FN3/c7-6(1-2-6)5-10-4-3-8-9-10/h3-4H,1-2,5H2. The maximum atomic E-state index is 13.0. The van der Waals surface area contributed by atoms with E-state index in [0.717, 1.165) is 0 Å². The lowest BCUT2D eigenvalue weighted by atomic mass is 10.4. The van der Waals surface area contributed by atoms with Gasteiger partial charge in [0.2, 0.25) is 0 Å². The largest absolute Gasteiger partial charge is 0.249 e. The van der Waals surface area contributed by atoms with Gasteiger partial charge in [0.25, 0.3) is 0 Å². The van der Waals surface area contributed by atoms with E-state index < -0.39 is 5.67 Å². The average molecular weight is 141 g/mol. The third kappa shape index (κ3) is 1.01. The van der Waals surface area contributed by atoms with Crippen LogP contribution in [0.4, 0.5) is 4.39 Å². The predicted molar refractivity (Wildman–Crippen MR) is 33.1 cm³/mol. The fraction of sp³-hybridized carbons (Fsp3) is 0.667. The van der Waals surface area contributed by atoms with Gasteiger partial charge in [-0.3, -0.25) is 0 Å². The fourth-order valence-electron chi connectivity index (χ4n) is 0.901. The minimum Gasteiger partial charge on any atom is -0.249 e. The Morgan fingerprint density at radius 1 is 1.60 bits per heavy atom. The molecule has 1 saturated carbocycles. The number of rotatable bonds is 2. The van der Waals surface area contributed by atoms with Crippen LogP contribution in [0, 0.1) is 0 Å². The maximum Gasteiger partial charge on any atom is 0.130 e. The summed E-state index contributed by atoms with van der Waals surface area (Å²) in [7, 11) is 0. The zero-order valence-corrected chi connectivity index (χ0v) is 5.50. The molecule has 1 heterocycles. The van der Waals surface area contributed by atoms with Crippen LogP contribution < -0.4 is 0 Å². The van der Waals surface area contributed by atoms with Gasteiger partial charge in [-0.05, 0) is 12.8 Å². The minimum absolute atomic E-state index is 0.368. The average Bonchev–Trinajstić information content (AvgIpc) is 2.47. The third-order valence-corrected chi connectivity index (χ3v) is 1.71. The lowest BCUT2D eigenvalue weighted by molar-refractivity contribution is 0.259. The molecule has 0 amide bonds. The Kier molecular flexibility index (Phi) is 1.03. The van der Waals surface area contributed by atoms with Crippen molar-refractivity contribution in [2.75, 3.05) is 0 Å². The van der Waals surface area contributed by atoms with E-state index in [1.54, 1.807) is 12.4 Å². The highest BCUT2D eigenvalue weighted by atomic mass is 19.1. The van der Waals surface area contributed by atoms with Crippen LogP contribution in [0.15, 0.2) is 12.4 Å². The number of aromatic nitrogens is 3. The summed E-state index contributed by atoms with van der Waals surface area (Å²) in [6.07, 6.45) is 4.59. The Hall–Kier alpha value is -0.930. The van der Waals surface area contributed by atoms with Crippen molar-refractivity contribution in [1.29, 1.82) is 0 Å². The summed E-state index contributed by atoms with van der Waals surface area (Å²) in [5, 5.41) is 7.25. The van der Waals surface area contributed by atoms with Crippen molar-refractivity contribution in [2.24, 2.45) is 0 Å². The Morgan fingerprint density at radius 2 is 2.40 bits per heavy atom. The van der Waals surface area contributed by atoms with Crippen molar-refractivity contribution >= 4 is 0 Å². The van der Waals surface area contributed by atoms with Gasteiger partial charge in [-0.25, -0.2) is 9.07 Å². The Labute approximate surface area is 57.8 Å². The van der Waals surface area contributed by atoms with Crippen LogP contribution in [-0.4, -0.2) is 20.7 Å². The normalized spacial score (nSPS) is 20.9. The summed E-state index contributed by atoms with van der Waals surface area (Å²) in [6.45, 7) is 0.368. The molecule has 2 rings (SSSR count). The van der Waals surface area contributed by atoms with Gasteiger partial charge in [-0.2, -0.15) is 0 Å². The molecule has 1 fully saturated rings. The topological polar surface area (TPSA) is 30.7 Å². The number of alkyl halides is 1. The molecule has 1 aliphatic carbocycles. The van der Waals surface area contributed by atoms with Crippen molar-refractivity contribution in [2.45, 2.75) is 25.1 Å². The van der Waals surface area contributed by atoms with Crippen molar-refractivity contribution < 1.29 is 4.39 Å². The van der Waals surface area contributed by atoms with Crippen molar-refractivity contribution in [3.8, 4) is 0 Å². The van der Waals surface area contributed by atoms with E-state index in [0.29, 0.717) is 19.4 Å². The highest BCUT2D eigenvalue weighted by molar-refractivity contribution is 4.93. The summed E-state index contributed by atoms with van der Waals surface area (Å²) >= 11 is 0. The lowest BCUT2D eigenvalue weighted by Gasteiger charge is -2.01. The first-order chi connectivity index (χ1) is 4.79.